The lowest BCUT2D eigenvalue weighted by molar-refractivity contribution is 0.170. The van der Waals surface area contributed by atoms with E-state index in [2.05, 4.69) is 4.90 Å². The van der Waals surface area contributed by atoms with Crippen LogP contribution in [0.2, 0.25) is 5.02 Å². The highest BCUT2D eigenvalue weighted by Gasteiger charge is 2.18. The highest BCUT2D eigenvalue weighted by Crippen LogP contribution is 2.22. The lowest BCUT2D eigenvalue weighted by atomic mass is 10.0. The molecule has 1 fully saturated rings. The Morgan fingerprint density at radius 2 is 2.18 bits per heavy atom. The quantitative estimate of drug-likeness (QED) is 0.918. The zero-order valence-corrected chi connectivity index (χ0v) is 11.0. The second kappa shape index (κ2) is 6.23. The molecule has 1 heterocycles. The fourth-order valence-electron chi connectivity index (χ4n) is 1.80. The Labute approximate surface area is 113 Å². The molecular weight excluding hydrogens is 257 g/mol. The second-order valence-electron chi connectivity index (χ2n) is 4.11. The molecule has 0 amide bonds. The third-order valence-electron chi connectivity index (χ3n) is 2.95. The summed E-state index contributed by atoms with van der Waals surface area (Å²) in [7, 11) is 0. The first-order valence-electron chi connectivity index (χ1n) is 5.38. The summed E-state index contributed by atoms with van der Waals surface area (Å²) < 4.78 is 0. The van der Waals surface area contributed by atoms with Crippen LogP contribution in [0, 0.1) is 11.3 Å². The normalized spacial score (nSPS) is 16.5. The first-order chi connectivity index (χ1) is 7.70. The Bertz CT molecular complexity index is 424. The summed E-state index contributed by atoms with van der Waals surface area (Å²) in [6.07, 6.45) is 1.26. The predicted molar refractivity (Wildman–Crippen MR) is 71.4 cm³/mol. The van der Waals surface area contributed by atoms with Gasteiger partial charge in [-0.05, 0) is 37.2 Å². The second-order valence-corrected chi connectivity index (χ2v) is 4.52. The summed E-state index contributed by atoms with van der Waals surface area (Å²) in [5, 5.41) is 9.25. The molecule has 0 unspecified atom stereocenters. The van der Waals surface area contributed by atoms with Crippen molar-refractivity contribution in [1.82, 2.24) is 4.90 Å². The summed E-state index contributed by atoms with van der Waals surface area (Å²) in [6.45, 7) is 3.14. The monoisotopic (exact) mass is 271 g/mol. The van der Waals surface area contributed by atoms with Gasteiger partial charge in [0.15, 0.2) is 0 Å². The van der Waals surface area contributed by atoms with Gasteiger partial charge >= 0.3 is 0 Å². The summed E-state index contributed by atoms with van der Waals surface area (Å²) >= 11 is 5.97. The number of hydrogen-bond donors (Lipinski definition) is 1. The Hall–Kier alpha value is -0.790. The Morgan fingerprint density at radius 3 is 2.65 bits per heavy atom. The standard InChI is InChI=1S/C12H14ClN3.ClH/c13-11-6-9(2-3-10(11)7-14)12(15)8-16-4-1-5-16;/h2-3,6,12H,1,4-5,8,15H2;1H/t12-;/m1./s1. The third kappa shape index (κ3) is 3.34. The molecule has 1 aliphatic heterocycles. The SMILES string of the molecule is Cl.N#Cc1ccc([C@H](N)CN2CCC2)cc1Cl. The van der Waals surface area contributed by atoms with Crippen molar-refractivity contribution in [2.75, 3.05) is 19.6 Å². The van der Waals surface area contributed by atoms with Crippen LogP contribution in [0.3, 0.4) is 0 Å². The molecule has 2 rings (SSSR count). The van der Waals surface area contributed by atoms with Gasteiger partial charge in [0.05, 0.1) is 10.6 Å². The van der Waals surface area contributed by atoms with E-state index in [4.69, 9.17) is 22.6 Å². The Kier molecular flexibility index (Phi) is 5.23. The van der Waals surface area contributed by atoms with E-state index in [0.717, 1.165) is 25.2 Å². The van der Waals surface area contributed by atoms with Crippen LogP contribution in [0.4, 0.5) is 0 Å². The van der Waals surface area contributed by atoms with E-state index in [0.29, 0.717) is 10.6 Å². The van der Waals surface area contributed by atoms with Crippen molar-refractivity contribution in [2.45, 2.75) is 12.5 Å². The van der Waals surface area contributed by atoms with Crippen LogP contribution in [0.5, 0.6) is 0 Å². The number of likely N-dealkylation sites (tertiary alicyclic amines) is 1. The molecule has 1 aromatic carbocycles. The highest BCUT2D eigenvalue weighted by molar-refractivity contribution is 6.31. The summed E-state index contributed by atoms with van der Waals surface area (Å²) in [4.78, 5) is 2.32. The van der Waals surface area contributed by atoms with E-state index >= 15 is 0 Å². The largest absolute Gasteiger partial charge is 0.323 e. The molecule has 17 heavy (non-hydrogen) atoms. The molecule has 0 aliphatic carbocycles. The van der Waals surface area contributed by atoms with E-state index in [9.17, 15) is 0 Å². The fourth-order valence-corrected chi connectivity index (χ4v) is 2.03. The average Bonchev–Trinajstić information content (AvgIpc) is 2.23. The van der Waals surface area contributed by atoms with Crippen molar-refractivity contribution in [2.24, 2.45) is 5.73 Å². The first-order valence-corrected chi connectivity index (χ1v) is 5.76. The number of nitriles is 1. The summed E-state index contributed by atoms with van der Waals surface area (Å²) in [6, 6.07) is 7.43. The Balaban J connectivity index is 0.00000144. The van der Waals surface area contributed by atoms with Crippen LogP contribution < -0.4 is 5.73 Å². The van der Waals surface area contributed by atoms with E-state index in [1.165, 1.54) is 6.42 Å². The van der Waals surface area contributed by atoms with E-state index in [1.807, 2.05) is 12.1 Å². The van der Waals surface area contributed by atoms with Gasteiger partial charge in [-0.3, -0.25) is 0 Å². The van der Waals surface area contributed by atoms with Crippen molar-refractivity contribution in [3.63, 3.8) is 0 Å². The van der Waals surface area contributed by atoms with Gasteiger partial charge in [0.1, 0.15) is 6.07 Å². The van der Waals surface area contributed by atoms with Gasteiger partial charge in [-0.25, -0.2) is 0 Å². The van der Waals surface area contributed by atoms with Gasteiger partial charge in [-0.2, -0.15) is 5.26 Å². The minimum Gasteiger partial charge on any atom is -0.323 e. The fraction of sp³-hybridized carbons (Fsp3) is 0.417. The first kappa shape index (κ1) is 14.3. The molecule has 0 saturated carbocycles. The molecule has 0 spiro atoms. The van der Waals surface area contributed by atoms with E-state index < -0.39 is 0 Å². The van der Waals surface area contributed by atoms with Crippen molar-refractivity contribution in [3.05, 3.63) is 34.3 Å². The van der Waals surface area contributed by atoms with Crippen molar-refractivity contribution < 1.29 is 0 Å². The molecule has 2 N–H and O–H groups in total. The number of benzene rings is 1. The molecule has 1 aromatic rings. The van der Waals surface area contributed by atoms with Gasteiger partial charge in [-0.1, -0.05) is 17.7 Å². The number of rotatable bonds is 3. The number of halogens is 2. The highest BCUT2D eigenvalue weighted by atomic mass is 35.5. The van der Waals surface area contributed by atoms with Crippen LogP contribution in [0.1, 0.15) is 23.6 Å². The van der Waals surface area contributed by atoms with Gasteiger partial charge in [0, 0.05) is 12.6 Å². The molecule has 1 atom stereocenters. The maximum absolute atomic E-state index is 8.77. The zero-order valence-electron chi connectivity index (χ0n) is 9.40. The van der Waals surface area contributed by atoms with Gasteiger partial charge in [0.25, 0.3) is 0 Å². The predicted octanol–water partition coefficient (Wildman–Crippen LogP) is 2.34. The molecule has 0 aromatic heterocycles. The van der Waals surface area contributed by atoms with Crippen LogP contribution >= 0.6 is 24.0 Å². The van der Waals surface area contributed by atoms with E-state index in [-0.39, 0.29) is 18.4 Å². The third-order valence-corrected chi connectivity index (χ3v) is 3.26. The number of nitrogens with two attached hydrogens (primary N) is 1. The van der Waals surface area contributed by atoms with Crippen LogP contribution in [0.25, 0.3) is 0 Å². The Morgan fingerprint density at radius 1 is 1.47 bits per heavy atom. The zero-order chi connectivity index (χ0) is 11.5. The van der Waals surface area contributed by atoms with Gasteiger partial charge in [0.2, 0.25) is 0 Å². The topological polar surface area (TPSA) is 53.1 Å². The van der Waals surface area contributed by atoms with Crippen LogP contribution in [0.15, 0.2) is 18.2 Å². The van der Waals surface area contributed by atoms with Crippen molar-refractivity contribution in [1.29, 1.82) is 5.26 Å². The molecule has 5 heteroatoms. The smallest absolute Gasteiger partial charge is 0.101 e. The van der Waals surface area contributed by atoms with E-state index in [1.54, 1.807) is 12.1 Å². The molecule has 0 bridgehead atoms. The molecule has 1 aliphatic rings. The lowest BCUT2D eigenvalue weighted by Gasteiger charge is -2.33. The minimum atomic E-state index is -0.0226. The molecule has 92 valence electrons. The van der Waals surface area contributed by atoms with Gasteiger partial charge in [-0.15, -0.1) is 12.4 Å². The molecule has 0 radical (unpaired) electrons. The maximum atomic E-state index is 8.77. The molecule has 3 nitrogen and oxygen atoms in total. The van der Waals surface area contributed by atoms with Crippen LogP contribution in [-0.2, 0) is 0 Å². The number of nitrogens with zero attached hydrogens (tertiary/aromatic N) is 2. The summed E-state index contributed by atoms with van der Waals surface area (Å²) in [5.41, 5.74) is 7.58. The van der Waals surface area contributed by atoms with Crippen molar-refractivity contribution in [3.8, 4) is 6.07 Å². The van der Waals surface area contributed by atoms with Gasteiger partial charge < -0.3 is 10.6 Å². The minimum absolute atomic E-state index is 0. The van der Waals surface area contributed by atoms with Crippen LogP contribution in [-0.4, -0.2) is 24.5 Å². The molecular formula is C12H15Cl2N3. The maximum Gasteiger partial charge on any atom is 0.101 e. The lowest BCUT2D eigenvalue weighted by Crippen LogP contribution is -2.41. The summed E-state index contributed by atoms with van der Waals surface area (Å²) in [5.74, 6) is 0. The average molecular weight is 272 g/mol. The number of hydrogen-bond acceptors (Lipinski definition) is 3. The molecule has 1 saturated heterocycles. The van der Waals surface area contributed by atoms with Crippen molar-refractivity contribution >= 4 is 24.0 Å².